The Morgan fingerprint density at radius 3 is 2.26 bits per heavy atom. The van der Waals surface area contributed by atoms with Gasteiger partial charge in [-0.05, 0) is 17.7 Å². The lowest BCUT2D eigenvalue weighted by Gasteiger charge is -2.21. The molecule has 0 aromatic heterocycles. The van der Waals surface area contributed by atoms with E-state index in [-0.39, 0.29) is 5.76 Å². The zero-order valence-corrected chi connectivity index (χ0v) is 11.9. The summed E-state index contributed by atoms with van der Waals surface area (Å²) >= 11 is 5.75. The van der Waals surface area contributed by atoms with E-state index < -0.39 is 21.2 Å². The Morgan fingerprint density at radius 1 is 1.26 bits per heavy atom. The van der Waals surface area contributed by atoms with Gasteiger partial charge >= 0.3 is 0 Å². The topological polar surface area (TPSA) is 72.8 Å². The van der Waals surface area contributed by atoms with Crippen LogP contribution in [0.25, 0.3) is 0 Å². The van der Waals surface area contributed by atoms with Crippen LogP contribution < -0.4 is 0 Å². The monoisotopic (exact) mass is 304 g/mol. The Labute approximate surface area is 116 Å². The van der Waals surface area contributed by atoms with Crippen LogP contribution in [-0.2, 0) is 19.6 Å². The molecule has 1 aromatic carbocycles. The van der Waals surface area contributed by atoms with Crippen LogP contribution >= 0.6 is 11.6 Å². The maximum absolute atomic E-state index is 11.6. The molecule has 1 N–H and O–H groups in total. The van der Waals surface area contributed by atoms with Crippen molar-refractivity contribution in [1.82, 2.24) is 0 Å². The summed E-state index contributed by atoms with van der Waals surface area (Å²) in [6, 6.07) is 6.10. The van der Waals surface area contributed by atoms with E-state index in [0.29, 0.717) is 10.6 Å². The molecule has 0 fully saturated rings. The number of ether oxygens (including phenoxy) is 2. The van der Waals surface area contributed by atoms with Gasteiger partial charge < -0.3 is 9.47 Å². The minimum atomic E-state index is -4.38. The van der Waals surface area contributed by atoms with Gasteiger partial charge in [-0.1, -0.05) is 23.7 Å². The van der Waals surface area contributed by atoms with Crippen LogP contribution in [0.15, 0.2) is 36.3 Å². The molecule has 5 nitrogen and oxygen atoms in total. The van der Waals surface area contributed by atoms with Crippen LogP contribution in [0.3, 0.4) is 0 Å². The van der Waals surface area contributed by atoms with Crippen LogP contribution in [0.4, 0.5) is 0 Å². The summed E-state index contributed by atoms with van der Waals surface area (Å²) in [5.74, 6) is -0.917. The third-order valence-corrected chi connectivity index (χ3v) is 3.90. The molecule has 0 aliphatic carbocycles. The Morgan fingerprint density at radius 2 is 1.84 bits per heavy atom. The quantitative estimate of drug-likeness (QED) is 0.869. The summed E-state index contributed by atoms with van der Waals surface area (Å²) in [6.45, 7) is 3.28. The first-order chi connectivity index (χ1) is 8.69. The highest BCUT2D eigenvalue weighted by atomic mass is 35.5. The summed E-state index contributed by atoms with van der Waals surface area (Å²) in [7, 11) is -4.38. The average Bonchev–Trinajstić information content (AvgIpc) is 2.60. The summed E-state index contributed by atoms with van der Waals surface area (Å²) in [5.41, 5.74) is 0.347. The van der Waals surface area contributed by atoms with E-state index in [1.165, 1.54) is 30.5 Å². The molecule has 1 aliphatic heterocycles. The minimum Gasteiger partial charge on any atom is -0.457 e. The Bertz CT molecular complexity index is 604. The first kappa shape index (κ1) is 14.2. The van der Waals surface area contributed by atoms with E-state index in [9.17, 15) is 13.0 Å². The van der Waals surface area contributed by atoms with Crippen LogP contribution in [-0.4, -0.2) is 18.8 Å². The average molecular weight is 305 g/mol. The summed E-state index contributed by atoms with van der Waals surface area (Å²) < 4.78 is 43.1. The Balaban J connectivity index is 2.42. The molecular formula is C12H13ClO5S. The molecule has 1 heterocycles. The van der Waals surface area contributed by atoms with Crippen LogP contribution in [0.5, 0.6) is 0 Å². The molecule has 0 saturated heterocycles. The molecule has 104 valence electrons. The van der Waals surface area contributed by atoms with E-state index in [2.05, 4.69) is 0 Å². The highest BCUT2D eigenvalue weighted by Gasteiger charge is 2.38. The van der Waals surface area contributed by atoms with Crippen molar-refractivity contribution in [2.75, 3.05) is 0 Å². The van der Waals surface area contributed by atoms with Crippen molar-refractivity contribution in [3.8, 4) is 0 Å². The van der Waals surface area contributed by atoms with E-state index in [1.54, 1.807) is 13.8 Å². The van der Waals surface area contributed by atoms with Gasteiger partial charge in [-0.15, -0.1) is 0 Å². The lowest BCUT2D eigenvalue weighted by Crippen LogP contribution is -2.23. The second-order valence-corrected chi connectivity index (χ2v) is 6.52. The molecule has 1 aromatic rings. The molecule has 0 bridgehead atoms. The molecule has 0 unspecified atom stereocenters. The fraction of sp³-hybridized carbons (Fsp3) is 0.333. The molecular weight excluding hydrogens is 292 g/mol. The summed E-state index contributed by atoms with van der Waals surface area (Å²) in [4.78, 5) is 0. The van der Waals surface area contributed by atoms with Crippen molar-refractivity contribution in [3.05, 3.63) is 46.9 Å². The van der Waals surface area contributed by atoms with Crippen LogP contribution in [0.2, 0.25) is 5.02 Å². The van der Waals surface area contributed by atoms with Gasteiger partial charge in [0.05, 0.1) is 0 Å². The summed E-state index contributed by atoms with van der Waals surface area (Å²) in [5, 5.41) is -0.859. The lowest BCUT2D eigenvalue weighted by molar-refractivity contribution is -0.117. The Hall–Kier alpha value is -1.24. The fourth-order valence-corrected chi connectivity index (χ4v) is 2.79. The smallest absolute Gasteiger partial charge is 0.279 e. The second-order valence-electron chi connectivity index (χ2n) is 4.59. The van der Waals surface area contributed by atoms with E-state index in [4.69, 9.17) is 21.1 Å². The van der Waals surface area contributed by atoms with Gasteiger partial charge in [0.25, 0.3) is 10.1 Å². The van der Waals surface area contributed by atoms with E-state index in [1.807, 2.05) is 0 Å². The normalized spacial score (nSPS) is 19.3. The van der Waals surface area contributed by atoms with Crippen molar-refractivity contribution in [2.24, 2.45) is 0 Å². The molecule has 19 heavy (non-hydrogen) atoms. The van der Waals surface area contributed by atoms with Crippen molar-refractivity contribution >= 4 is 21.7 Å². The van der Waals surface area contributed by atoms with Crippen LogP contribution in [0.1, 0.15) is 24.7 Å². The van der Waals surface area contributed by atoms with Crippen molar-refractivity contribution in [2.45, 2.75) is 24.9 Å². The van der Waals surface area contributed by atoms with Gasteiger partial charge in [-0.3, -0.25) is 4.55 Å². The molecule has 0 amide bonds. The Kier molecular flexibility index (Phi) is 3.51. The number of hydrogen-bond donors (Lipinski definition) is 1. The maximum atomic E-state index is 11.6. The van der Waals surface area contributed by atoms with Crippen molar-refractivity contribution < 1.29 is 22.4 Å². The largest absolute Gasteiger partial charge is 0.457 e. The summed E-state index contributed by atoms with van der Waals surface area (Å²) in [6.07, 6.45) is 1.20. The molecule has 7 heteroatoms. The zero-order chi connectivity index (χ0) is 14.3. The molecule has 1 atom stereocenters. The second kappa shape index (κ2) is 4.70. The number of hydrogen-bond acceptors (Lipinski definition) is 4. The van der Waals surface area contributed by atoms with Gasteiger partial charge in [0, 0.05) is 18.9 Å². The van der Waals surface area contributed by atoms with Crippen molar-refractivity contribution in [1.29, 1.82) is 0 Å². The van der Waals surface area contributed by atoms with E-state index in [0.717, 1.165) is 0 Å². The standard InChI is InChI=1S/C12H13ClO5S/c1-12(2)17-7-10(18-12)11(19(14,15)16)8-3-5-9(13)6-4-8/h3-7,11H,1-2H3,(H,14,15,16)/t11-/m0/s1. The highest BCUT2D eigenvalue weighted by molar-refractivity contribution is 7.86. The van der Waals surface area contributed by atoms with E-state index >= 15 is 0 Å². The van der Waals surface area contributed by atoms with Gasteiger partial charge in [-0.25, -0.2) is 0 Å². The first-order valence-corrected chi connectivity index (χ1v) is 7.36. The number of halogens is 1. The molecule has 0 saturated carbocycles. The predicted octanol–water partition coefficient (Wildman–Crippen LogP) is 2.89. The molecule has 0 radical (unpaired) electrons. The fourth-order valence-electron chi connectivity index (χ4n) is 1.77. The lowest BCUT2D eigenvalue weighted by atomic mass is 10.1. The highest BCUT2D eigenvalue weighted by Crippen LogP contribution is 2.37. The number of benzene rings is 1. The van der Waals surface area contributed by atoms with Gasteiger partial charge in [0.15, 0.2) is 11.0 Å². The maximum Gasteiger partial charge on any atom is 0.279 e. The first-order valence-electron chi connectivity index (χ1n) is 5.48. The zero-order valence-electron chi connectivity index (χ0n) is 10.3. The molecule has 2 rings (SSSR count). The SMILES string of the molecule is CC1(C)OC=C([C@H](c2ccc(Cl)cc2)S(=O)(=O)O)O1. The van der Waals surface area contributed by atoms with Crippen LogP contribution in [0, 0.1) is 0 Å². The van der Waals surface area contributed by atoms with Gasteiger partial charge in [0.2, 0.25) is 5.79 Å². The third-order valence-electron chi connectivity index (χ3n) is 2.55. The number of rotatable bonds is 3. The van der Waals surface area contributed by atoms with Gasteiger partial charge in [0.1, 0.15) is 6.26 Å². The van der Waals surface area contributed by atoms with Crippen molar-refractivity contribution in [3.63, 3.8) is 0 Å². The van der Waals surface area contributed by atoms with Gasteiger partial charge in [-0.2, -0.15) is 8.42 Å². The molecule has 1 aliphatic rings. The minimum absolute atomic E-state index is 0.0369. The molecule has 0 spiro atoms. The predicted molar refractivity (Wildman–Crippen MR) is 70.1 cm³/mol. The third kappa shape index (κ3) is 3.20.